The smallest absolute Gasteiger partial charge is 0.0509 e. The van der Waals surface area contributed by atoms with Crippen LogP contribution in [0.5, 0.6) is 0 Å². The van der Waals surface area contributed by atoms with Gasteiger partial charge in [-0.25, -0.2) is 0 Å². The van der Waals surface area contributed by atoms with Crippen molar-refractivity contribution in [3.8, 4) is 0 Å². The van der Waals surface area contributed by atoms with E-state index in [1.54, 1.807) is 0 Å². The lowest BCUT2D eigenvalue weighted by Crippen LogP contribution is -2.47. The highest BCUT2D eigenvalue weighted by atomic mass is 16.5. The van der Waals surface area contributed by atoms with Crippen LogP contribution in [0.2, 0.25) is 0 Å². The normalized spacial score (nSPS) is 32.0. The predicted molar refractivity (Wildman–Crippen MR) is 78.5 cm³/mol. The number of ether oxygens (including phenoxy) is 1. The van der Waals surface area contributed by atoms with E-state index in [4.69, 9.17) is 4.74 Å². The van der Waals surface area contributed by atoms with Crippen LogP contribution >= 0.6 is 0 Å². The Bertz CT molecular complexity index is 419. The van der Waals surface area contributed by atoms with Gasteiger partial charge in [0.2, 0.25) is 0 Å². The van der Waals surface area contributed by atoms with Crippen molar-refractivity contribution < 1.29 is 4.74 Å². The molecule has 1 N–H and O–H groups in total. The molecular weight excluding hydrogens is 234 g/mol. The van der Waals surface area contributed by atoms with Crippen LogP contribution in [0.15, 0.2) is 24.3 Å². The number of nitrogens with one attached hydrogen (secondary N) is 1. The third-order valence-electron chi connectivity index (χ3n) is 4.82. The lowest BCUT2D eigenvalue weighted by molar-refractivity contribution is 0.170. The number of benzene rings is 1. The van der Waals surface area contributed by atoms with Gasteiger partial charge in [-0.05, 0) is 50.5 Å². The first kappa shape index (κ1) is 13.1. The molecule has 2 heteroatoms. The maximum absolute atomic E-state index is 5.48. The summed E-state index contributed by atoms with van der Waals surface area (Å²) in [5, 5.41) is 3.79. The number of hydrogen-bond donors (Lipinski definition) is 1. The van der Waals surface area contributed by atoms with Gasteiger partial charge in [-0.2, -0.15) is 0 Å². The lowest BCUT2D eigenvalue weighted by Gasteiger charge is -2.39. The minimum Gasteiger partial charge on any atom is -0.381 e. The summed E-state index contributed by atoms with van der Waals surface area (Å²) in [6, 6.07) is 10.3. The fourth-order valence-electron chi connectivity index (χ4n) is 3.41. The maximum atomic E-state index is 5.48. The van der Waals surface area contributed by atoms with Crippen LogP contribution in [0, 0.1) is 12.8 Å². The highest BCUT2D eigenvalue weighted by Gasteiger charge is 2.33. The van der Waals surface area contributed by atoms with Crippen molar-refractivity contribution >= 4 is 0 Å². The molecule has 0 spiro atoms. The van der Waals surface area contributed by atoms with Crippen molar-refractivity contribution in [1.82, 2.24) is 5.32 Å². The summed E-state index contributed by atoms with van der Waals surface area (Å²) in [7, 11) is 0. The minimum absolute atomic E-state index is 0.603. The van der Waals surface area contributed by atoms with Crippen molar-refractivity contribution in [2.24, 2.45) is 5.92 Å². The van der Waals surface area contributed by atoms with Gasteiger partial charge < -0.3 is 10.1 Å². The highest BCUT2D eigenvalue weighted by Crippen LogP contribution is 2.37. The predicted octanol–water partition coefficient (Wildman–Crippen LogP) is 3.26. The molecule has 104 valence electrons. The Kier molecular flexibility index (Phi) is 3.90. The van der Waals surface area contributed by atoms with Crippen LogP contribution in [-0.4, -0.2) is 25.3 Å². The number of aryl methyl sites for hydroxylation is 1. The monoisotopic (exact) mass is 259 g/mol. The second-order valence-electron chi connectivity index (χ2n) is 6.36. The molecule has 0 amide bonds. The Hall–Kier alpha value is -0.860. The van der Waals surface area contributed by atoms with Crippen LogP contribution in [0.1, 0.15) is 43.2 Å². The molecule has 1 saturated heterocycles. The zero-order valence-corrected chi connectivity index (χ0v) is 12.1. The maximum Gasteiger partial charge on any atom is 0.0509 e. The van der Waals surface area contributed by atoms with E-state index in [0.717, 1.165) is 25.0 Å². The van der Waals surface area contributed by atoms with Crippen molar-refractivity contribution in [2.45, 2.75) is 51.1 Å². The summed E-state index contributed by atoms with van der Waals surface area (Å²) >= 11 is 0. The third-order valence-corrected chi connectivity index (χ3v) is 4.82. The molecule has 0 radical (unpaired) electrons. The van der Waals surface area contributed by atoms with Crippen LogP contribution in [0.4, 0.5) is 0 Å². The highest BCUT2D eigenvalue weighted by molar-refractivity contribution is 5.27. The van der Waals surface area contributed by atoms with E-state index in [1.165, 1.54) is 30.4 Å². The summed E-state index contributed by atoms with van der Waals surface area (Å²) in [5.74, 6) is 1.49. The molecule has 3 rings (SSSR count). The van der Waals surface area contributed by atoms with Gasteiger partial charge in [0.25, 0.3) is 0 Å². The molecule has 0 bridgehead atoms. The van der Waals surface area contributed by atoms with E-state index in [-0.39, 0.29) is 0 Å². The van der Waals surface area contributed by atoms with Crippen molar-refractivity contribution in [2.75, 3.05) is 13.2 Å². The third kappa shape index (κ3) is 3.01. The van der Waals surface area contributed by atoms with E-state index in [9.17, 15) is 0 Å². The lowest BCUT2D eigenvalue weighted by atomic mass is 9.75. The fraction of sp³-hybridized carbons (Fsp3) is 0.647. The molecule has 1 aliphatic carbocycles. The Morgan fingerprint density at radius 2 is 2.16 bits per heavy atom. The molecule has 1 aromatic carbocycles. The molecule has 1 aliphatic heterocycles. The summed E-state index contributed by atoms with van der Waals surface area (Å²) in [6.45, 7) is 6.40. The molecule has 1 heterocycles. The van der Waals surface area contributed by atoms with E-state index in [2.05, 4.69) is 43.4 Å². The summed E-state index contributed by atoms with van der Waals surface area (Å²) in [4.78, 5) is 0. The average molecular weight is 259 g/mol. The largest absolute Gasteiger partial charge is 0.381 e. The molecule has 2 fully saturated rings. The van der Waals surface area contributed by atoms with Crippen molar-refractivity contribution in [3.05, 3.63) is 35.4 Å². The Balaban J connectivity index is 1.47. The number of rotatable bonds is 4. The molecule has 19 heavy (non-hydrogen) atoms. The molecule has 2 atom stereocenters. The molecule has 2 aliphatic rings. The van der Waals surface area contributed by atoms with Crippen LogP contribution in [-0.2, 0) is 4.74 Å². The summed E-state index contributed by atoms with van der Waals surface area (Å²) in [6.07, 6.45) is 3.81. The Morgan fingerprint density at radius 1 is 1.32 bits per heavy atom. The van der Waals surface area contributed by atoms with Crippen molar-refractivity contribution in [1.29, 1.82) is 0 Å². The van der Waals surface area contributed by atoms with Gasteiger partial charge in [-0.15, -0.1) is 0 Å². The van der Waals surface area contributed by atoms with Gasteiger partial charge >= 0.3 is 0 Å². The topological polar surface area (TPSA) is 21.3 Å². The quantitative estimate of drug-likeness (QED) is 0.896. The average Bonchev–Trinajstić information content (AvgIpc) is 2.86. The van der Waals surface area contributed by atoms with E-state index < -0.39 is 0 Å². The SMILES string of the molecule is Cc1cccc(C2CC(NC(C)C3CCOC3)C2)c1. The first-order valence-corrected chi connectivity index (χ1v) is 7.62. The van der Waals surface area contributed by atoms with E-state index in [1.807, 2.05) is 0 Å². The second-order valence-corrected chi connectivity index (χ2v) is 6.36. The molecular formula is C17H25NO. The first-order chi connectivity index (χ1) is 9.22. The number of hydrogen-bond acceptors (Lipinski definition) is 2. The molecule has 0 aromatic heterocycles. The zero-order chi connectivity index (χ0) is 13.2. The van der Waals surface area contributed by atoms with Gasteiger partial charge in [-0.1, -0.05) is 29.8 Å². The van der Waals surface area contributed by atoms with Gasteiger partial charge in [0.05, 0.1) is 6.61 Å². The summed E-state index contributed by atoms with van der Waals surface area (Å²) in [5.41, 5.74) is 2.90. The Labute approximate surface area is 116 Å². The first-order valence-electron chi connectivity index (χ1n) is 7.62. The summed E-state index contributed by atoms with van der Waals surface area (Å²) < 4.78 is 5.48. The zero-order valence-electron chi connectivity index (χ0n) is 12.1. The van der Waals surface area contributed by atoms with Crippen LogP contribution < -0.4 is 5.32 Å². The molecule has 2 unspecified atom stereocenters. The van der Waals surface area contributed by atoms with Gasteiger partial charge in [-0.3, -0.25) is 0 Å². The molecule has 2 nitrogen and oxygen atoms in total. The van der Waals surface area contributed by atoms with Crippen LogP contribution in [0.3, 0.4) is 0 Å². The van der Waals surface area contributed by atoms with Gasteiger partial charge in [0.15, 0.2) is 0 Å². The second kappa shape index (κ2) is 5.64. The molecule has 1 saturated carbocycles. The van der Waals surface area contributed by atoms with E-state index in [0.29, 0.717) is 12.1 Å². The van der Waals surface area contributed by atoms with E-state index >= 15 is 0 Å². The van der Waals surface area contributed by atoms with Crippen molar-refractivity contribution in [3.63, 3.8) is 0 Å². The van der Waals surface area contributed by atoms with Gasteiger partial charge in [0, 0.05) is 18.7 Å². The standard InChI is InChI=1S/C17H25NO/c1-12-4-3-5-14(8-12)16-9-17(10-16)18-13(2)15-6-7-19-11-15/h3-5,8,13,15-18H,6-7,9-11H2,1-2H3. The van der Waals surface area contributed by atoms with Crippen LogP contribution in [0.25, 0.3) is 0 Å². The Morgan fingerprint density at radius 3 is 2.84 bits per heavy atom. The molecule has 1 aromatic rings. The fourth-order valence-corrected chi connectivity index (χ4v) is 3.41. The van der Waals surface area contributed by atoms with Gasteiger partial charge in [0.1, 0.15) is 0 Å². The minimum atomic E-state index is 0.603.